The molecule has 5 heteroatoms. The third-order valence-electron chi connectivity index (χ3n) is 1.78. The van der Waals surface area contributed by atoms with Crippen molar-refractivity contribution in [3.8, 4) is 5.75 Å². The van der Waals surface area contributed by atoms with E-state index in [1.54, 1.807) is 31.7 Å². The zero-order valence-corrected chi connectivity index (χ0v) is 9.37. The van der Waals surface area contributed by atoms with E-state index in [0.29, 0.717) is 17.3 Å². The Balaban J connectivity index is 3.00. The highest BCUT2D eigenvalue weighted by Crippen LogP contribution is 2.15. The summed E-state index contributed by atoms with van der Waals surface area (Å²) >= 11 is 0. The zero-order chi connectivity index (χ0) is 10.6. The van der Waals surface area contributed by atoms with Gasteiger partial charge in [-0.05, 0) is 12.1 Å². The van der Waals surface area contributed by atoms with Crippen LogP contribution in [0.25, 0.3) is 0 Å². The Morgan fingerprint density at radius 1 is 1.57 bits per heavy atom. The molecule has 78 valence electrons. The average Bonchev–Trinajstić information content (AvgIpc) is 2.19. The topological polar surface area (TPSA) is 51.5 Å². The van der Waals surface area contributed by atoms with Gasteiger partial charge in [-0.2, -0.15) is 4.36 Å². The highest BCUT2D eigenvalue weighted by molar-refractivity contribution is 7.93. The lowest BCUT2D eigenvalue weighted by molar-refractivity contribution is 0.413. The van der Waals surface area contributed by atoms with Gasteiger partial charge >= 0.3 is 0 Å². The van der Waals surface area contributed by atoms with Crippen molar-refractivity contribution in [2.45, 2.75) is 6.92 Å². The van der Waals surface area contributed by atoms with E-state index in [-0.39, 0.29) is 0 Å². The Labute approximate surface area is 84.5 Å². The monoisotopic (exact) mass is 214 g/mol. The second-order valence-corrected chi connectivity index (χ2v) is 5.57. The molecular formula is C9H14N2O2S. The summed E-state index contributed by atoms with van der Waals surface area (Å²) in [5.41, 5.74) is 0. The third-order valence-corrected chi connectivity index (χ3v) is 3.42. The number of nitrogens with zero attached hydrogens (tertiary/aromatic N) is 2. The van der Waals surface area contributed by atoms with Crippen molar-refractivity contribution in [3.63, 3.8) is 0 Å². The summed E-state index contributed by atoms with van der Waals surface area (Å²) in [5, 5.41) is 0. The van der Waals surface area contributed by atoms with Crippen LogP contribution < -0.4 is 4.74 Å². The van der Waals surface area contributed by atoms with Gasteiger partial charge < -0.3 is 4.74 Å². The molecule has 1 aromatic heterocycles. The van der Waals surface area contributed by atoms with Crippen molar-refractivity contribution in [2.75, 3.05) is 19.1 Å². The molecule has 0 aromatic carbocycles. The highest BCUT2D eigenvalue weighted by atomic mass is 32.2. The smallest absolute Gasteiger partial charge is 0.161 e. The van der Waals surface area contributed by atoms with Crippen LogP contribution in [-0.2, 0) is 9.73 Å². The maximum atomic E-state index is 11.6. The van der Waals surface area contributed by atoms with Gasteiger partial charge in [0.1, 0.15) is 5.75 Å². The van der Waals surface area contributed by atoms with Crippen LogP contribution >= 0.6 is 0 Å². The minimum atomic E-state index is -2.12. The summed E-state index contributed by atoms with van der Waals surface area (Å²) in [5.74, 6) is 1.68. The van der Waals surface area contributed by atoms with Crippen LogP contribution in [0.5, 0.6) is 5.75 Å². The summed E-state index contributed by atoms with van der Waals surface area (Å²) in [7, 11) is -0.548. The fraction of sp³-hybridized carbons (Fsp3) is 0.444. The molecular weight excluding hydrogens is 200 g/mol. The molecule has 4 nitrogen and oxygen atoms in total. The van der Waals surface area contributed by atoms with Crippen molar-refractivity contribution >= 4 is 15.5 Å². The van der Waals surface area contributed by atoms with Gasteiger partial charge in [0.05, 0.1) is 23.0 Å². The third kappa shape index (κ3) is 2.99. The molecule has 14 heavy (non-hydrogen) atoms. The molecule has 1 rings (SSSR count). The maximum absolute atomic E-state index is 11.6. The molecule has 1 atom stereocenters. The molecule has 0 bridgehead atoms. The molecule has 0 spiro atoms. The first-order valence-electron chi connectivity index (χ1n) is 4.27. The summed E-state index contributed by atoms with van der Waals surface area (Å²) < 4.78 is 20.6. The maximum Gasteiger partial charge on any atom is 0.161 e. The fourth-order valence-corrected chi connectivity index (χ4v) is 1.44. The zero-order valence-electron chi connectivity index (χ0n) is 8.56. The molecule has 0 aliphatic carbocycles. The normalized spacial score (nSPS) is 14.5. The second-order valence-electron chi connectivity index (χ2n) is 2.90. The predicted octanol–water partition coefficient (Wildman–Crippen LogP) is 1.84. The van der Waals surface area contributed by atoms with Gasteiger partial charge in [-0.1, -0.05) is 6.92 Å². The molecule has 0 aliphatic rings. The Hall–Kier alpha value is -1.10. The summed E-state index contributed by atoms with van der Waals surface area (Å²) in [4.78, 5) is 4.01. The van der Waals surface area contributed by atoms with Crippen LogP contribution in [0.3, 0.4) is 0 Å². The Kier molecular flexibility index (Phi) is 3.46. The van der Waals surface area contributed by atoms with Crippen LogP contribution in [-0.4, -0.2) is 28.3 Å². The van der Waals surface area contributed by atoms with Crippen LogP contribution in [0.4, 0.5) is 5.82 Å². The SMILES string of the molecule is CC[S@@](C)(=O)=Nc1ccc(OC)cn1. The minimum absolute atomic E-state index is 0.486. The van der Waals surface area contributed by atoms with Crippen molar-refractivity contribution in [1.29, 1.82) is 0 Å². The van der Waals surface area contributed by atoms with Gasteiger partial charge in [-0.25, -0.2) is 9.19 Å². The van der Waals surface area contributed by atoms with Crippen LogP contribution in [0.1, 0.15) is 6.92 Å². The first-order valence-corrected chi connectivity index (χ1v) is 6.36. The quantitative estimate of drug-likeness (QED) is 0.771. The van der Waals surface area contributed by atoms with E-state index in [1.165, 1.54) is 0 Å². The fourth-order valence-electron chi connectivity index (χ4n) is 0.810. The van der Waals surface area contributed by atoms with E-state index < -0.39 is 9.73 Å². The van der Waals surface area contributed by atoms with Crippen molar-refractivity contribution in [2.24, 2.45) is 4.36 Å². The molecule has 0 amide bonds. The molecule has 1 heterocycles. The van der Waals surface area contributed by atoms with Crippen LogP contribution in [0.2, 0.25) is 0 Å². The number of hydrogen-bond donors (Lipinski definition) is 0. The first-order chi connectivity index (χ1) is 6.57. The Morgan fingerprint density at radius 2 is 2.29 bits per heavy atom. The van der Waals surface area contributed by atoms with E-state index >= 15 is 0 Å². The summed E-state index contributed by atoms with van der Waals surface area (Å²) in [6, 6.07) is 3.44. The number of pyridine rings is 1. The predicted molar refractivity (Wildman–Crippen MR) is 57.5 cm³/mol. The lowest BCUT2D eigenvalue weighted by Gasteiger charge is -2.00. The molecule has 0 fully saturated rings. The van der Waals surface area contributed by atoms with Gasteiger partial charge in [0.2, 0.25) is 0 Å². The number of rotatable bonds is 3. The van der Waals surface area contributed by atoms with Gasteiger partial charge in [0.15, 0.2) is 5.82 Å². The van der Waals surface area contributed by atoms with Crippen molar-refractivity contribution in [1.82, 2.24) is 4.98 Å². The first kappa shape index (κ1) is 11.0. The average molecular weight is 214 g/mol. The minimum Gasteiger partial charge on any atom is -0.495 e. The van der Waals surface area contributed by atoms with E-state index in [2.05, 4.69) is 9.35 Å². The van der Waals surface area contributed by atoms with E-state index in [4.69, 9.17) is 4.74 Å². The molecule has 0 aliphatic heterocycles. The summed E-state index contributed by atoms with van der Waals surface area (Å²) in [6.07, 6.45) is 3.18. The van der Waals surface area contributed by atoms with Crippen LogP contribution in [0.15, 0.2) is 22.7 Å². The van der Waals surface area contributed by atoms with E-state index in [9.17, 15) is 4.21 Å². The standard InChI is InChI=1S/C9H14N2O2S/c1-4-14(3,12)11-9-6-5-8(13-2)7-10-9/h5-7H,4H2,1-3H3/t14-/m1/s1. The lowest BCUT2D eigenvalue weighted by atomic mass is 10.4. The van der Waals surface area contributed by atoms with Crippen molar-refractivity contribution in [3.05, 3.63) is 18.3 Å². The van der Waals surface area contributed by atoms with Crippen LogP contribution in [0, 0.1) is 0 Å². The van der Waals surface area contributed by atoms with E-state index in [1.807, 2.05) is 6.92 Å². The van der Waals surface area contributed by atoms with Crippen molar-refractivity contribution < 1.29 is 8.95 Å². The molecule has 0 radical (unpaired) electrons. The van der Waals surface area contributed by atoms with Gasteiger partial charge in [0.25, 0.3) is 0 Å². The number of aromatic nitrogens is 1. The highest BCUT2D eigenvalue weighted by Gasteiger charge is 1.99. The molecule has 0 saturated heterocycles. The number of ether oxygens (including phenoxy) is 1. The van der Waals surface area contributed by atoms with E-state index in [0.717, 1.165) is 0 Å². The van der Waals surface area contributed by atoms with Gasteiger partial charge in [-0.3, -0.25) is 0 Å². The largest absolute Gasteiger partial charge is 0.495 e. The summed E-state index contributed by atoms with van der Waals surface area (Å²) in [6.45, 7) is 1.84. The molecule has 0 unspecified atom stereocenters. The number of hydrogen-bond acceptors (Lipinski definition) is 4. The molecule has 0 saturated carbocycles. The number of methoxy groups -OCH3 is 1. The lowest BCUT2D eigenvalue weighted by Crippen LogP contribution is -1.98. The van der Waals surface area contributed by atoms with Gasteiger partial charge in [-0.15, -0.1) is 0 Å². The Bertz CT molecular complexity index is 405. The Morgan fingerprint density at radius 3 is 2.71 bits per heavy atom. The van der Waals surface area contributed by atoms with Gasteiger partial charge in [0, 0.05) is 12.0 Å². The second kappa shape index (κ2) is 4.41. The molecule has 0 N–H and O–H groups in total. The molecule has 1 aromatic rings.